The molecule has 1 aliphatic heterocycles. The number of ether oxygens (including phenoxy) is 1. The summed E-state index contributed by atoms with van der Waals surface area (Å²) in [5.41, 5.74) is 4.95. The highest BCUT2D eigenvalue weighted by molar-refractivity contribution is 7.16. The molecule has 7 heteroatoms. The van der Waals surface area contributed by atoms with Crippen LogP contribution in [-0.2, 0) is 17.8 Å². The molecule has 2 heterocycles. The Morgan fingerprint density at radius 1 is 1.60 bits per heavy atom. The van der Waals surface area contributed by atoms with E-state index in [9.17, 15) is 10.1 Å². The fourth-order valence-electron chi connectivity index (χ4n) is 2.11. The van der Waals surface area contributed by atoms with Crippen LogP contribution < -0.4 is 16.4 Å². The number of nitrogens with one attached hydrogen (secondary N) is 2. The number of quaternary nitrogens is 1. The maximum atomic E-state index is 11.7. The third-order valence-corrected chi connectivity index (χ3v) is 4.21. The molecule has 1 aliphatic rings. The van der Waals surface area contributed by atoms with Crippen molar-refractivity contribution in [2.45, 2.75) is 32.5 Å². The highest BCUT2D eigenvalue weighted by atomic mass is 32.1. The largest absolute Gasteiger partial charge is 0.370 e. The van der Waals surface area contributed by atoms with Crippen LogP contribution in [0.4, 0.5) is 9.80 Å². The Kier molecular flexibility index (Phi) is 4.28. The van der Waals surface area contributed by atoms with Gasteiger partial charge in [-0.25, -0.2) is 4.79 Å². The molecule has 1 aromatic heterocycles. The molecule has 0 saturated heterocycles. The van der Waals surface area contributed by atoms with Gasteiger partial charge in [0.25, 0.3) is 0 Å². The Balaban J connectivity index is 2.22. The number of rotatable bonds is 3. The van der Waals surface area contributed by atoms with Crippen molar-refractivity contribution in [2.24, 2.45) is 0 Å². The van der Waals surface area contributed by atoms with Crippen molar-refractivity contribution < 1.29 is 15.3 Å². The van der Waals surface area contributed by atoms with Crippen LogP contribution in [0.15, 0.2) is 0 Å². The fourth-order valence-corrected chi connectivity index (χ4v) is 3.19. The zero-order valence-corrected chi connectivity index (χ0v) is 12.5. The van der Waals surface area contributed by atoms with Crippen molar-refractivity contribution in [3.63, 3.8) is 0 Å². The molecule has 1 aromatic rings. The second-order valence-electron chi connectivity index (χ2n) is 5.28. The molecule has 0 bridgehead atoms. The molecule has 6 nitrogen and oxygen atoms in total. The van der Waals surface area contributed by atoms with Crippen LogP contribution >= 0.6 is 11.3 Å². The number of carbonyl (C=O) groups is 1. The summed E-state index contributed by atoms with van der Waals surface area (Å²) in [7, 11) is 0. The average Bonchev–Trinajstić information content (AvgIpc) is 2.71. The van der Waals surface area contributed by atoms with E-state index in [0.29, 0.717) is 36.7 Å². The minimum Gasteiger partial charge on any atom is -0.370 e. The van der Waals surface area contributed by atoms with E-state index in [-0.39, 0.29) is 11.6 Å². The second-order valence-corrected chi connectivity index (χ2v) is 6.38. The molecular weight excluding hydrogens is 276 g/mol. The highest BCUT2D eigenvalue weighted by Gasteiger charge is 2.31. The van der Waals surface area contributed by atoms with Crippen molar-refractivity contribution in [1.29, 1.82) is 5.26 Å². The number of fused-ring (bicyclic) bond motifs is 1. The van der Waals surface area contributed by atoms with Gasteiger partial charge in [0.15, 0.2) is 0 Å². The molecular formula is C13H19N4O2S+. The quantitative estimate of drug-likeness (QED) is 0.770. The van der Waals surface area contributed by atoms with Gasteiger partial charge in [-0.2, -0.15) is 5.26 Å². The van der Waals surface area contributed by atoms with Gasteiger partial charge in [-0.1, -0.05) is 0 Å². The lowest BCUT2D eigenvalue weighted by Crippen LogP contribution is -2.55. The fraction of sp³-hybridized carbons (Fsp3) is 0.538. The van der Waals surface area contributed by atoms with E-state index in [1.165, 1.54) is 11.3 Å². The van der Waals surface area contributed by atoms with Gasteiger partial charge >= 0.3 is 6.03 Å². The molecule has 0 saturated carbocycles. The zero-order valence-electron chi connectivity index (χ0n) is 11.7. The third kappa shape index (κ3) is 3.10. The summed E-state index contributed by atoms with van der Waals surface area (Å²) < 4.78 is 5.74. The van der Waals surface area contributed by atoms with Crippen LogP contribution in [0.5, 0.6) is 0 Å². The first-order chi connectivity index (χ1) is 9.46. The van der Waals surface area contributed by atoms with Crippen molar-refractivity contribution in [3.05, 3.63) is 16.0 Å². The van der Waals surface area contributed by atoms with Gasteiger partial charge in [0.1, 0.15) is 11.1 Å². The molecule has 2 amide bonds. The molecule has 0 atom stereocenters. The van der Waals surface area contributed by atoms with E-state index < -0.39 is 0 Å². The highest BCUT2D eigenvalue weighted by Crippen LogP contribution is 2.39. The monoisotopic (exact) mass is 295 g/mol. The number of anilines is 1. The first kappa shape index (κ1) is 14.8. The van der Waals surface area contributed by atoms with Crippen LogP contribution in [0.3, 0.4) is 0 Å². The number of amides is 2. The number of nitriles is 1. The number of hydrogen-bond acceptors (Lipinski definition) is 4. The maximum absolute atomic E-state index is 11.7. The van der Waals surface area contributed by atoms with Gasteiger partial charge < -0.3 is 15.8 Å². The molecule has 2 rings (SSSR count). The molecule has 0 radical (unpaired) electrons. The van der Waals surface area contributed by atoms with Gasteiger partial charge in [0, 0.05) is 11.3 Å². The van der Waals surface area contributed by atoms with Gasteiger partial charge in [0.05, 0.1) is 30.9 Å². The molecule has 20 heavy (non-hydrogen) atoms. The summed E-state index contributed by atoms with van der Waals surface area (Å²) in [5, 5.41) is 15.4. The molecule has 0 unspecified atom stereocenters. The lowest BCUT2D eigenvalue weighted by molar-refractivity contribution is -0.364. The molecule has 5 N–H and O–H groups in total. The summed E-state index contributed by atoms with van der Waals surface area (Å²) in [4.78, 5) is 12.7. The van der Waals surface area contributed by atoms with Crippen LogP contribution in [0.2, 0.25) is 0 Å². The topological polar surface area (TPSA) is 102 Å². The Bertz CT molecular complexity index is 559. The average molecular weight is 295 g/mol. The Hall–Kier alpha value is -1.62. The molecule has 0 aromatic carbocycles. The van der Waals surface area contributed by atoms with Crippen LogP contribution in [0, 0.1) is 11.3 Å². The molecule has 0 aliphatic carbocycles. The van der Waals surface area contributed by atoms with E-state index in [1.807, 2.05) is 13.8 Å². The number of nitrogens with zero attached hydrogens (tertiary/aromatic N) is 1. The predicted octanol–water partition coefficient (Wildman–Crippen LogP) is 0.834. The lowest BCUT2D eigenvalue weighted by atomic mass is 9.93. The number of carbonyl (C=O) groups excluding carboxylic acids is 1. The van der Waals surface area contributed by atoms with Crippen LogP contribution in [0.25, 0.3) is 0 Å². The lowest BCUT2D eigenvalue weighted by Gasteiger charge is -2.29. The summed E-state index contributed by atoms with van der Waals surface area (Å²) in [6.45, 7) is 5.63. The SMILES string of the molecule is CC1(C)Cc2c(sc(NC(=O)NCC[NH3+])c2C#N)CO1. The standard InChI is InChI=1S/C13H18N4O2S/c1-13(2)5-8-9(6-15)11(20-10(8)7-19-13)17-12(18)16-4-3-14/h3-5,7,14H2,1-2H3,(H2,16,17,18)/p+1. The van der Waals surface area contributed by atoms with Crippen molar-refractivity contribution in [2.75, 3.05) is 18.4 Å². The van der Waals surface area contributed by atoms with E-state index in [0.717, 1.165) is 10.4 Å². The van der Waals surface area contributed by atoms with E-state index in [4.69, 9.17) is 4.74 Å². The first-order valence-corrected chi connectivity index (χ1v) is 7.31. The summed E-state index contributed by atoms with van der Waals surface area (Å²) in [5.74, 6) is 0. The van der Waals surface area contributed by atoms with E-state index in [1.54, 1.807) is 0 Å². The summed E-state index contributed by atoms with van der Waals surface area (Å²) in [6, 6.07) is 1.90. The van der Waals surface area contributed by atoms with Crippen molar-refractivity contribution >= 4 is 22.4 Å². The van der Waals surface area contributed by atoms with Gasteiger partial charge in [0.2, 0.25) is 0 Å². The number of urea groups is 1. The van der Waals surface area contributed by atoms with Crippen LogP contribution in [0.1, 0.15) is 29.9 Å². The normalized spacial score (nSPS) is 16.1. The minimum absolute atomic E-state index is 0.271. The van der Waals surface area contributed by atoms with E-state index in [2.05, 4.69) is 22.4 Å². The molecule has 0 fully saturated rings. The molecule has 108 valence electrons. The third-order valence-electron chi connectivity index (χ3n) is 3.09. The summed E-state index contributed by atoms with van der Waals surface area (Å²) >= 11 is 1.41. The maximum Gasteiger partial charge on any atom is 0.320 e. The predicted molar refractivity (Wildman–Crippen MR) is 76.4 cm³/mol. The van der Waals surface area contributed by atoms with Crippen LogP contribution in [-0.4, -0.2) is 24.7 Å². The molecule has 0 spiro atoms. The summed E-state index contributed by atoms with van der Waals surface area (Å²) in [6.07, 6.45) is 0.684. The van der Waals surface area contributed by atoms with Gasteiger partial charge in [-0.05, 0) is 19.4 Å². The Labute approximate surface area is 121 Å². The smallest absolute Gasteiger partial charge is 0.320 e. The zero-order chi connectivity index (χ0) is 14.8. The van der Waals surface area contributed by atoms with Crippen molar-refractivity contribution in [1.82, 2.24) is 5.32 Å². The second kappa shape index (κ2) is 5.79. The van der Waals surface area contributed by atoms with Gasteiger partial charge in [-0.3, -0.25) is 5.32 Å². The van der Waals surface area contributed by atoms with Crippen molar-refractivity contribution in [3.8, 4) is 6.07 Å². The van der Waals surface area contributed by atoms with Gasteiger partial charge in [-0.15, -0.1) is 11.3 Å². The number of hydrogen-bond donors (Lipinski definition) is 3. The van der Waals surface area contributed by atoms with E-state index >= 15 is 0 Å². The Morgan fingerprint density at radius 3 is 3.00 bits per heavy atom. The Morgan fingerprint density at radius 2 is 2.35 bits per heavy atom. The first-order valence-electron chi connectivity index (χ1n) is 6.49. The minimum atomic E-state index is -0.302. The number of thiophene rings is 1.